The summed E-state index contributed by atoms with van der Waals surface area (Å²) in [6.45, 7) is 0. The van der Waals surface area contributed by atoms with E-state index in [1.807, 2.05) is 0 Å². The first-order valence-electron chi connectivity index (χ1n) is 6.67. The number of benzene rings is 2. The summed E-state index contributed by atoms with van der Waals surface area (Å²) in [5.41, 5.74) is -2.66. The molecule has 130 valence electrons. The van der Waals surface area contributed by atoms with Crippen molar-refractivity contribution in [2.75, 3.05) is 0 Å². The number of carboxylic acid groups (broad SMARTS) is 1. The Balaban J connectivity index is 2.69. The molecule has 0 unspecified atom stereocenters. The monoisotopic (exact) mass is 415 g/mol. The Hall–Kier alpha value is -2.68. The normalized spacial score (nSPS) is 12.1. The van der Waals surface area contributed by atoms with Crippen LogP contribution in [0.15, 0.2) is 46.9 Å². The van der Waals surface area contributed by atoms with Crippen molar-refractivity contribution in [2.45, 2.75) is 6.18 Å². The standard InChI is InChI=1S/C16H9BrF3NO4/c17-13-4-2-1-3-9(13)7-12(15(22)23)11-6-5-10(16(18,19)20)8-14(11)21(24)25/h1-8H,(H,22,23). The van der Waals surface area contributed by atoms with E-state index in [2.05, 4.69) is 15.9 Å². The molecule has 9 heteroatoms. The number of alkyl halides is 3. The molecule has 0 saturated heterocycles. The van der Waals surface area contributed by atoms with Crippen LogP contribution in [-0.4, -0.2) is 16.0 Å². The van der Waals surface area contributed by atoms with E-state index in [4.69, 9.17) is 0 Å². The van der Waals surface area contributed by atoms with Gasteiger partial charge in [-0.25, -0.2) is 4.79 Å². The lowest BCUT2D eigenvalue weighted by molar-refractivity contribution is -0.385. The van der Waals surface area contributed by atoms with E-state index in [1.165, 1.54) is 0 Å². The zero-order chi connectivity index (χ0) is 18.8. The molecule has 0 saturated carbocycles. The lowest BCUT2D eigenvalue weighted by Gasteiger charge is -2.10. The molecule has 2 aromatic rings. The molecule has 25 heavy (non-hydrogen) atoms. The molecule has 0 aromatic heterocycles. The molecular weight excluding hydrogens is 407 g/mol. The van der Waals surface area contributed by atoms with Crippen molar-refractivity contribution in [2.24, 2.45) is 0 Å². The Labute approximate surface area is 147 Å². The summed E-state index contributed by atoms with van der Waals surface area (Å²) in [6, 6.07) is 8.22. The van der Waals surface area contributed by atoms with Crippen LogP contribution in [0.3, 0.4) is 0 Å². The van der Waals surface area contributed by atoms with Crippen molar-refractivity contribution in [3.05, 3.63) is 73.7 Å². The van der Waals surface area contributed by atoms with Crippen LogP contribution in [0.1, 0.15) is 16.7 Å². The van der Waals surface area contributed by atoms with Crippen molar-refractivity contribution in [3.63, 3.8) is 0 Å². The van der Waals surface area contributed by atoms with Crippen molar-refractivity contribution < 1.29 is 28.0 Å². The first kappa shape index (κ1) is 18.7. The Morgan fingerprint density at radius 3 is 2.36 bits per heavy atom. The predicted octanol–water partition coefficient (Wildman–Crippen LogP) is 5.00. The predicted molar refractivity (Wildman–Crippen MR) is 87.7 cm³/mol. The van der Waals surface area contributed by atoms with Gasteiger partial charge in [-0.05, 0) is 29.8 Å². The molecule has 0 heterocycles. The van der Waals surface area contributed by atoms with Gasteiger partial charge in [0, 0.05) is 10.5 Å². The molecule has 0 amide bonds. The molecule has 5 nitrogen and oxygen atoms in total. The summed E-state index contributed by atoms with van der Waals surface area (Å²) in [5.74, 6) is -1.50. The SMILES string of the molecule is O=C(O)C(=Cc1ccccc1Br)c1ccc(C(F)(F)F)cc1[N+](=O)[O-]. The van der Waals surface area contributed by atoms with Gasteiger partial charge < -0.3 is 5.11 Å². The number of carbonyl (C=O) groups is 1. The van der Waals surface area contributed by atoms with Gasteiger partial charge >= 0.3 is 12.1 Å². The number of nitrogens with zero attached hydrogens (tertiary/aromatic N) is 1. The molecule has 0 spiro atoms. The van der Waals surface area contributed by atoms with Crippen LogP contribution < -0.4 is 0 Å². The Morgan fingerprint density at radius 1 is 1.20 bits per heavy atom. The average Bonchev–Trinajstić information content (AvgIpc) is 2.52. The molecule has 0 aliphatic carbocycles. The maximum absolute atomic E-state index is 12.8. The highest BCUT2D eigenvalue weighted by Crippen LogP contribution is 2.36. The second kappa shape index (κ2) is 7.06. The third kappa shape index (κ3) is 4.24. The molecule has 0 radical (unpaired) electrons. The number of rotatable bonds is 4. The minimum atomic E-state index is -4.78. The number of nitro benzene ring substituents is 1. The summed E-state index contributed by atoms with van der Waals surface area (Å²) in [7, 11) is 0. The van der Waals surface area contributed by atoms with E-state index < -0.39 is 39.5 Å². The second-order valence-corrected chi connectivity index (χ2v) is 5.73. The molecule has 0 aliphatic rings. The minimum absolute atomic E-state index is 0.326. The van der Waals surface area contributed by atoms with Gasteiger partial charge in [-0.3, -0.25) is 10.1 Å². The quantitative estimate of drug-likeness (QED) is 0.329. The zero-order valence-electron chi connectivity index (χ0n) is 12.2. The summed E-state index contributed by atoms with van der Waals surface area (Å²) in [5, 5.41) is 20.5. The van der Waals surface area contributed by atoms with Gasteiger partial charge in [0.1, 0.15) is 0 Å². The minimum Gasteiger partial charge on any atom is -0.478 e. The largest absolute Gasteiger partial charge is 0.478 e. The van der Waals surface area contributed by atoms with Gasteiger partial charge in [0.15, 0.2) is 0 Å². The van der Waals surface area contributed by atoms with E-state index in [0.717, 1.165) is 12.1 Å². The fourth-order valence-electron chi connectivity index (χ4n) is 2.09. The highest BCUT2D eigenvalue weighted by molar-refractivity contribution is 9.10. The molecule has 0 bridgehead atoms. The topological polar surface area (TPSA) is 80.4 Å². The van der Waals surface area contributed by atoms with E-state index in [0.29, 0.717) is 22.2 Å². The molecule has 0 atom stereocenters. The summed E-state index contributed by atoms with van der Waals surface area (Å²) >= 11 is 3.21. The second-order valence-electron chi connectivity index (χ2n) is 4.87. The number of aliphatic carboxylic acids is 1. The van der Waals surface area contributed by atoms with Gasteiger partial charge in [-0.15, -0.1) is 0 Å². The van der Waals surface area contributed by atoms with Crippen molar-refractivity contribution >= 4 is 39.2 Å². The van der Waals surface area contributed by atoms with E-state index >= 15 is 0 Å². The van der Waals surface area contributed by atoms with Gasteiger partial charge in [0.05, 0.1) is 21.6 Å². The Bertz CT molecular complexity index is 878. The lowest BCUT2D eigenvalue weighted by atomic mass is 9.99. The molecular formula is C16H9BrF3NO4. The number of hydrogen-bond donors (Lipinski definition) is 1. The Kier molecular flexibility index (Phi) is 5.27. The van der Waals surface area contributed by atoms with Crippen molar-refractivity contribution in [1.29, 1.82) is 0 Å². The van der Waals surface area contributed by atoms with E-state index in [-0.39, 0.29) is 0 Å². The van der Waals surface area contributed by atoms with E-state index in [1.54, 1.807) is 24.3 Å². The molecule has 2 aromatic carbocycles. The van der Waals surface area contributed by atoms with Crippen LogP contribution in [0, 0.1) is 10.1 Å². The fourth-order valence-corrected chi connectivity index (χ4v) is 2.49. The molecule has 0 aliphatic heterocycles. The fraction of sp³-hybridized carbons (Fsp3) is 0.0625. The summed E-state index contributed by atoms with van der Waals surface area (Å²) in [6.07, 6.45) is -3.62. The first-order chi connectivity index (χ1) is 11.6. The van der Waals surface area contributed by atoms with Gasteiger partial charge in [0.25, 0.3) is 5.69 Å². The van der Waals surface area contributed by atoms with Crippen molar-refractivity contribution in [1.82, 2.24) is 0 Å². The van der Waals surface area contributed by atoms with E-state index in [9.17, 15) is 33.2 Å². The van der Waals surface area contributed by atoms with Crippen LogP contribution in [0.4, 0.5) is 18.9 Å². The van der Waals surface area contributed by atoms with Gasteiger partial charge in [-0.1, -0.05) is 34.1 Å². The smallest absolute Gasteiger partial charge is 0.416 e. The number of halogens is 4. The van der Waals surface area contributed by atoms with Gasteiger partial charge in [-0.2, -0.15) is 13.2 Å². The Morgan fingerprint density at radius 2 is 1.84 bits per heavy atom. The third-order valence-corrected chi connectivity index (χ3v) is 3.97. The zero-order valence-corrected chi connectivity index (χ0v) is 13.8. The number of nitro groups is 1. The van der Waals surface area contributed by atoms with Crippen LogP contribution in [-0.2, 0) is 11.0 Å². The van der Waals surface area contributed by atoms with Crippen molar-refractivity contribution in [3.8, 4) is 0 Å². The molecule has 0 fully saturated rings. The number of hydrogen-bond acceptors (Lipinski definition) is 3. The lowest BCUT2D eigenvalue weighted by Crippen LogP contribution is -2.08. The highest BCUT2D eigenvalue weighted by atomic mass is 79.9. The van der Waals surface area contributed by atoms with Crippen LogP contribution in [0.5, 0.6) is 0 Å². The first-order valence-corrected chi connectivity index (χ1v) is 7.46. The summed E-state index contributed by atoms with van der Waals surface area (Å²) < 4.78 is 38.8. The van der Waals surface area contributed by atoms with Crippen LogP contribution in [0.25, 0.3) is 11.6 Å². The van der Waals surface area contributed by atoms with Crippen LogP contribution in [0.2, 0.25) is 0 Å². The summed E-state index contributed by atoms with van der Waals surface area (Å²) in [4.78, 5) is 21.7. The molecule has 1 N–H and O–H groups in total. The van der Waals surface area contributed by atoms with Crippen LogP contribution >= 0.6 is 15.9 Å². The van der Waals surface area contributed by atoms with Gasteiger partial charge in [0.2, 0.25) is 0 Å². The third-order valence-electron chi connectivity index (χ3n) is 3.25. The maximum Gasteiger partial charge on any atom is 0.416 e. The highest BCUT2D eigenvalue weighted by Gasteiger charge is 2.34. The molecule has 2 rings (SSSR count). The number of carboxylic acids is 1. The maximum atomic E-state index is 12.8. The average molecular weight is 416 g/mol.